The molecule has 0 bridgehead atoms. The molecule has 0 unspecified atom stereocenters. The number of benzene rings is 1. The predicted molar refractivity (Wildman–Crippen MR) is 101 cm³/mol. The number of hydrogen-bond acceptors (Lipinski definition) is 5. The molecule has 0 spiro atoms. The molecule has 0 radical (unpaired) electrons. The van der Waals surface area contributed by atoms with Crippen LogP contribution < -0.4 is 10.1 Å². The molecule has 1 aromatic carbocycles. The van der Waals surface area contributed by atoms with Gasteiger partial charge < -0.3 is 14.8 Å². The van der Waals surface area contributed by atoms with Gasteiger partial charge in [-0.05, 0) is 44.0 Å². The summed E-state index contributed by atoms with van der Waals surface area (Å²) in [5.41, 5.74) is 2.49. The number of esters is 1. The maximum absolute atomic E-state index is 12.5. The van der Waals surface area contributed by atoms with Crippen molar-refractivity contribution in [3.8, 4) is 5.75 Å². The van der Waals surface area contributed by atoms with Crippen molar-refractivity contribution in [3.05, 3.63) is 59.4 Å². The Labute approximate surface area is 156 Å². The number of imidazole rings is 1. The third-order valence-electron chi connectivity index (χ3n) is 4.01. The molecule has 1 amide bonds. The van der Waals surface area contributed by atoms with E-state index in [2.05, 4.69) is 10.3 Å². The van der Waals surface area contributed by atoms with Crippen molar-refractivity contribution in [3.63, 3.8) is 0 Å². The molecule has 0 saturated heterocycles. The van der Waals surface area contributed by atoms with E-state index in [-0.39, 0.29) is 24.7 Å². The Morgan fingerprint density at radius 1 is 1.11 bits per heavy atom. The summed E-state index contributed by atoms with van der Waals surface area (Å²) in [7, 11) is 0. The number of nitrogens with zero attached hydrogens (tertiary/aromatic N) is 2. The van der Waals surface area contributed by atoms with Gasteiger partial charge in [0.2, 0.25) is 0 Å². The number of carbonyl (C=O) groups excluding carboxylic acids is 2. The van der Waals surface area contributed by atoms with E-state index >= 15 is 0 Å². The highest BCUT2D eigenvalue weighted by Crippen LogP contribution is 2.23. The lowest BCUT2D eigenvalue weighted by atomic mass is 10.1. The molecular formula is C20H21N3O4. The van der Waals surface area contributed by atoms with Crippen LogP contribution in [0, 0.1) is 13.8 Å². The Hall–Kier alpha value is -3.35. The van der Waals surface area contributed by atoms with Crippen molar-refractivity contribution in [2.24, 2.45) is 0 Å². The summed E-state index contributed by atoms with van der Waals surface area (Å²) in [5, 5.41) is 2.72. The molecule has 7 nitrogen and oxygen atoms in total. The second kappa shape index (κ2) is 7.90. The van der Waals surface area contributed by atoms with Crippen molar-refractivity contribution >= 4 is 23.3 Å². The van der Waals surface area contributed by atoms with Gasteiger partial charge in [0, 0.05) is 6.20 Å². The summed E-state index contributed by atoms with van der Waals surface area (Å²) in [5.74, 6) is -0.0448. The van der Waals surface area contributed by atoms with Crippen LogP contribution in [0.5, 0.6) is 5.75 Å². The molecule has 27 heavy (non-hydrogen) atoms. The predicted octanol–water partition coefficient (Wildman–Crippen LogP) is 3.15. The number of rotatable bonds is 6. The zero-order valence-corrected chi connectivity index (χ0v) is 15.5. The van der Waals surface area contributed by atoms with Crippen molar-refractivity contribution in [2.75, 3.05) is 18.5 Å². The number of hydrogen-bond donors (Lipinski definition) is 1. The molecular weight excluding hydrogens is 346 g/mol. The van der Waals surface area contributed by atoms with Crippen molar-refractivity contribution in [1.29, 1.82) is 0 Å². The number of ether oxygens (including phenoxy) is 2. The van der Waals surface area contributed by atoms with Crippen molar-refractivity contribution < 1.29 is 19.1 Å². The minimum Gasteiger partial charge on any atom is -0.483 e. The van der Waals surface area contributed by atoms with Crippen LogP contribution in [0.1, 0.15) is 28.5 Å². The standard InChI is InChI=1S/C20H21N3O4/c1-4-26-20(25)17-19(23-11-6-5-10-15(23)21-17)22-16(24)12-27-18-13(2)8-7-9-14(18)3/h5-11H,4,12H2,1-3H3,(H,22,24). The number of nitrogens with one attached hydrogen (secondary N) is 1. The van der Waals surface area contributed by atoms with Crippen LogP contribution in [0.4, 0.5) is 5.82 Å². The van der Waals surface area contributed by atoms with E-state index < -0.39 is 11.9 Å². The SMILES string of the molecule is CCOC(=O)c1nc2ccccn2c1NC(=O)COc1c(C)cccc1C. The second-order valence-electron chi connectivity index (χ2n) is 6.02. The second-order valence-corrected chi connectivity index (χ2v) is 6.02. The number of carbonyl (C=O) groups is 2. The van der Waals surface area contributed by atoms with Gasteiger partial charge in [0.1, 0.15) is 11.4 Å². The van der Waals surface area contributed by atoms with E-state index in [1.54, 1.807) is 35.7 Å². The third-order valence-corrected chi connectivity index (χ3v) is 4.01. The first-order valence-corrected chi connectivity index (χ1v) is 8.64. The normalized spacial score (nSPS) is 10.6. The maximum Gasteiger partial charge on any atom is 0.360 e. The summed E-state index contributed by atoms with van der Waals surface area (Å²) in [4.78, 5) is 28.9. The average molecular weight is 367 g/mol. The van der Waals surface area contributed by atoms with Gasteiger partial charge in [0.05, 0.1) is 6.61 Å². The highest BCUT2D eigenvalue weighted by Gasteiger charge is 2.22. The molecule has 0 saturated carbocycles. The molecule has 2 aromatic heterocycles. The van der Waals surface area contributed by atoms with Crippen LogP contribution in [-0.2, 0) is 9.53 Å². The molecule has 7 heteroatoms. The first-order chi connectivity index (χ1) is 13.0. The Kier molecular flexibility index (Phi) is 5.40. The number of aryl methyl sites for hydroxylation is 2. The Bertz CT molecular complexity index is 974. The number of para-hydroxylation sites is 1. The van der Waals surface area contributed by atoms with E-state index in [1.165, 1.54) is 0 Å². The quantitative estimate of drug-likeness (QED) is 0.677. The minimum absolute atomic E-state index is 0.0588. The molecule has 0 aliphatic carbocycles. The van der Waals surface area contributed by atoms with Gasteiger partial charge in [-0.1, -0.05) is 24.3 Å². The van der Waals surface area contributed by atoms with Crippen LogP contribution in [-0.4, -0.2) is 34.5 Å². The maximum atomic E-state index is 12.5. The lowest BCUT2D eigenvalue weighted by Gasteiger charge is -2.12. The molecule has 2 heterocycles. The van der Waals surface area contributed by atoms with Crippen LogP contribution in [0.15, 0.2) is 42.6 Å². The monoisotopic (exact) mass is 367 g/mol. The number of aromatic nitrogens is 2. The first-order valence-electron chi connectivity index (χ1n) is 8.64. The number of amides is 1. The number of fused-ring (bicyclic) bond motifs is 1. The third kappa shape index (κ3) is 3.92. The van der Waals surface area contributed by atoms with E-state index in [0.29, 0.717) is 11.4 Å². The molecule has 0 aliphatic rings. The Morgan fingerprint density at radius 2 is 1.85 bits per heavy atom. The van der Waals surface area contributed by atoms with Gasteiger partial charge in [-0.3, -0.25) is 9.20 Å². The topological polar surface area (TPSA) is 81.9 Å². The van der Waals surface area contributed by atoms with Crippen molar-refractivity contribution in [2.45, 2.75) is 20.8 Å². The lowest BCUT2D eigenvalue weighted by Crippen LogP contribution is -2.23. The molecule has 3 rings (SSSR count). The van der Waals surface area contributed by atoms with E-state index in [0.717, 1.165) is 11.1 Å². The smallest absolute Gasteiger partial charge is 0.360 e. The van der Waals surface area contributed by atoms with Gasteiger partial charge in [-0.25, -0.2) is 9.78 Å². The van der Waals surface area contributed by atoms with Crippen LogP contribution in [0.2, 0.25) is 0 Å². The molecule has 0 aliphatic heterocycles. The lowest BCUT2D eigenvalue weighted by molar-refractivity contribution is -0.118. The largest absolute Gasteiger partial charge is 0.483 e. The van der Waals surface area contributed by atoms with Crippen LogP contribution in [0.25, 0.3) is 5.65 Å². The van der Waals surface area contributed by atoms with Crippen molar-refractivity contribution in [1.82, 2.24) is 9.38 Å². The molecule has 0 fully saturated rings. The van der Waals surface area contributed by atoms with Gasteiger partial charge >= 0.3 is 5.97 Å². The number of anilines is 1. The zero-order chi connectivity index (χ0) is 19.4. The fourth-order valence-electron chi connectivity index (χ4n) is 2.79. The van der Waals surface area contributed by atoms with Gasteiger partial charge in [0.25, 0.3) is 5.91 Å². The van der Waals surface area contributed by atoms with Crippen LogP contribution in [0.3, 0.4) is 0 Å². The Balaban J connectivity index is 1.82. The fourth-order valence-corrected chi connectivity index (χ4v) is 2.79. The number of pyridine rings is 1. The van der Waals surface area contributed by atoms with Gasteiger partial charge in [0.15, 0.2) is 18.1 Å². The summed E-state index contributed by atoms with van der Waals surface area (Å²) in [6.07, 6.45) is 1.72. The Morgan fingerprint density at radius 3 is 2.56 bits per heavy atom. The minimum atomic E-state index is -0.591. The molecule has 3 aromatic rings. The van der Waals surface area contributed by atoms with Gasteiger partial charge in [-0.2, -0.15) is 0 Å². The van der Waals surface area contributed by atoms with E-state index in [9.17, 15) is 9.59 Å². The average Bonchev–Trinajstić information content (AvgIpc) is 3.00. The molecule has 0 atom stereocenters. The highest BCUT2D eigenvalue weighted by atomic mass is 16.5. The summed E-state index contributed by atoms with van der Waals surface area (Å²) < 4.78 is 12.4. The first kappa shape index (κ1) is 18.4. The fraction of sp³-hybridized carbons (Fsp3) is 0.250. The van der Waals surface area contributed by atoms with E-state index in [4.69, 9.17) is 9.47 Å². The van der Waals surface area contributed by atoms with Crippen LogP contribution >= 0.6 is 0 Å². The van der Waals surface area contributed by atoms with E-state index in [1.807, 2.05) is 32.0 Å². The molecule has 140 valence electrons. The van der Waals surface area contributed by atoms with Gasteiger partial charge in [-0.15, -0.1) is 0 Å². The highest BCUT2D eigenvalue weighted by molar-refractivity contribution is 6.00. The zero-order valence-electron chi connectivity index (χ0n) is 15.5. The summed E-state index contributed by atoms with van der Waals surface area (Å²) >= 11 is 0. The molecule has 1 N–H and O–H groups in total. The summed E-state index contributed by atoms with van der Waals surface area (Å²) in [6, 6.07) is 11.1. The summed E-state index contributed by atoms with van der Waals surface area (Å²) in [6.45, 7) is 5.58.